The zero-order chi connectivity index (χ0) is 10.7. The van der Waals surface area contributed by atoms with Crippen LogP contribution < -0.4 is 0 Å². The normalized spacial score (nSPS) is 10.2. The number of aldehydes is 1. The van der Waals surface area contributed by atoms with Crippen LogP contribution in [0, 0.1) is 3.57 Å². The second kappa shape index (κ2) is 4.61. The van der Waals surface area contributed by atoms with Gasteiger partial charge in [0.25, 0.3) is 0 Å². The molecule has 1 aromatic heterocycles. The zero-order valence-electron chi connectivity index (χ0n) is 8.06. The van der Waals surface area contributed by atoms with E-state index in [-0.39, 0.29) is 0 Å². The van der Waals surface area contributed by atoms with Gasteiger partial charge in [-0.05, 0) is 34.2 Å². The molecule has 0 fully saturated rings. The molecular weight excluding hydrogens is 301 g/mol. The zero-order valence-corrected chi connectivity index (χ0v) is 10.2. The van der Waals surface area contributed by atoms with Gasteiger partial charge in [0.2, 0.25) is 0 Å². The Morgan fingerprint density at radius 1 is 1.27 bits per heavy atom. The summed E-state index contributed by atoms with van der Waals surface area (Å²) in [5, 5.41) is 0. The first-order chi connectivity index (χ1) is 7.29. The van der Waals surface area contributed by atoms with E-state index >= 15 is 0 Å². The van der Waals surface area contributed by atoms with Crippen LogP contribution in [-0.2, 0) is 6.54 Å². The maximum atomic E-state index is 10.8. The number of carbonyl (C=O) groups excluding carboxylic acids is 1. The number of aromatic nitrogens is 1. The number of halogens is 1. The SMILES string of the molecule is O=Cc1cc(I)cn1Cc1ccccc1. The van der Waals surface area contributed by atoms with Crippen LogP contribution in [0.1, 0.15) is 16.1 Å². The molecule has 0 aliphatic heterocycles. The summed E-state index contributed by atoms with van der Waals surface area (Å²) >= 11 is 2.21. The summed E-state index contributed by atoms with van der Waals surface area (Å²) in [7, 11) is 0. The Hall–Kier alpha value is -1.10. The van der Waals surface area contributed by atoms with Crippen molar-refractivity contribution in [3.8, 4) is 0 Å². The minimum Gasteiger partial charge on any atom is -0.340 e. The van der Waals surface area contributed by atoms with Crippen LogP contribution in [-0.4, -0.2) is 10.9 Å². The van der Waals surface area contributed by atoms with Gasteiger partial charge in [0.1, 0.15) is 0 Å². The average molecular weight is 311 g/mol. The van der Waals surface area contributed by atoms with Crippen LogP contribution in [0.2, 0.25) is 0 Å². The molecule has 0 spiro atoms. The van der Waals surface area contributed by atoms with Crippen molar-refractivity contribution in [1.29, 1.82) is 0 Å². The molecule has 15 heavy (non-hydrogen) atoms. The average Bonchev–Trinajstić information content (AvgIpc) is 2.60. The van der Waals surface area contributed by atoms with Gasteiger partial charge in [0, 0.05) is 16.3 Å². The topological polar surface area (TPSA) is 22.0 Å². The number of rotatable bonds is 3. The summed E-state index contributed by atoms with van der Waals surface area (Å²) in [6.07, 6.45) is 2.88. The highest BCUT2D eigenvalue weighted by atomic mass is 127. The molecule has 2 aromatic rings. The Bertz CT molecular complexity index is 462. The van der Waals surface area contributed by atoms with Crippen LogP contribution >= 0.6 is 22.6 Å². The Balaban J connectivity index is 2.28. The van der Waals surface area contributed by atoms with Gasteiger partial charge < -0.3 is 4.57 Å². The van der Waals surface area contributed by atoms with E-state index in [0.717, 1.165) is 22.1 Å². The third-order valence-electron chi connectivity index (χ3n) is 2.21. The molecule has 0 saturated heterocycles. The fraction of sp³-hybridized carbons (Fsp3) is 0.0833. The molecule has 0 atom stereocenters. The quantitative estimate of drug-likeness (QED) is 0.631. The lowest BCUT2D eigenvalue weighted by molar-refractivity contribution is 0.111. The fourth-order valence-corrected chi connectivity index (χ4v) is 2.16. The van der Waals surface area contributed by atoms with Crippen molar-refractivity contribution in [3.05, 3.63) is 57.4 Å². The lowest BCUT2D eigenvalue weighted by Crippen LogP contribution is -2.01. The number of hydrogen-bond donors (Lipinski definition) is 0. The number of hydrogen-bond acceptors (Lipinski definition) is 1. The van der Waals surface area contributed by atoms with E-state index in [0.29, 0.717) is 0 Å². The summed E-state index contributed by atoms with van der Waals surface area (Å²) < 4.78 is 3.05. The predicted molar refractivity (Wildman–Crippen MR) is 68.1 cm³/mol. The molecule has 1 aromatic carbocycles. The highest BCUT2D eigenvalue weighted by molar-refractivity contribution is 14.1. The molecule has 3 heteroatoms. The van der Waals surface area contributed by atoms with Crippen molar-refractivity contribution in [2.24, 2.45) is 0 Å². The lowest BCUT2D eigenvalue weighted by atomic mass is 10.2. The molecule has 0 unspecified atom stereocenters. The minimum absolute atomic E-state index is 0.725. The van der Waals surface area contributed by atoms with E-state index in [2.05, 4.69) is 34.7 Å². The van der Waals surface area contributed by atoms with E-state index in [1.54, 1.807) is 0 Å². The Kier molecular flexibility index (Phi) is 3.20. The first kappa shape index (κ1) is 10.4. The largest absolute Gasteiger partial charge is 0.340 e. The predicted octanol–water partition coefficient (Wildman–Crippen LogP) is 2.95. The van der Waals surface area contributed by atoms with Gasteiger partial charge in [-0.15, -0.1) is 0 Å². The molecule has 1 heterocycles. The van der Waals surface area contributed by atoms with Gasteiger partial charge >= 0.3 is 0 Å². The molecule has 2 nitrogen and oxygen atoms in total. The molecule has 2 rings (SSSR count). The van der Waals surface area contributed by atoms with Gasteiger partial charge in [0.05, 0.1) is 5.69 Å². The van der Waals surface area contributed by atoms with Crippen molar-refractivity contribution >= 4 is 28.9 Å². The van der Waals surface area contributed by atoms with Gasteiger partial charge in [-0.25, -0.2) is 0 Å². The molecule has 76 valence electrons. The standard InChI is InChI=1S/C12H10INO/c13-11-6-12(9-15)14(8-11)7-10-4-2-1-3-5-10/h1-6,8-9H,7H2. The van der Waals surface area contributed by atoms with Gasteiger partial charge in [-0.2, -0.15) is 0 Å². The van der Waals surface area contributed by atoms with Crippen molar-refractivity contribution in [1.82, 2.24) is 4.57 Å². The summed E-state index contributed by atoms with van der Waals surface area (Å²) in [6, 6.07) is 12.0. The third kappa shape index (κ3) is 2.47. The maximum Gasteiger partial charge on any atom is 0.166 e. The molecule has 0 amide bonds. The van der Waals surface area contributed by atoms with Crippen LogP contribution in [0.3, 0.4) is 0 Å². The molecule has 0 aliphatic rings. The van der Waals surface area contributed by atoms with Gasteiger partial charge in [-0.3, -0.25) is 4.79 Å². The summed E-state index contributed by atoms with van der Waals surface area (Å²) in [6.45, 7) is 0.748. The number of benzene rings is 1. The van der Waals surface area contributed by atoms with Gasteiger partial charge in [-0.1, -0.05) is 30.3 Å². The van der Waals surface area contributed by atoms with Crippen LogP contribution in [0.25, 0.3) is 0 Å². The summed E-state index contributed by atoms with van der Waals surface area (Å²) in [5.41, 5.74) is 1.93. The second-order valence-electron chi connectivity index (χ2n) is 3.31. The smallest absolute Gasteiger partial charge is 0.166 e. The van der Waals surface area contributed by atoms with E-state index < -0.39 is 0 Å². The van der Waals surface area contributed by atoms with E-state index in [1.807, 2.05) is 35.0 Å². The molecule has 0 saturated carbocycles. The fourth-order valence-electron chi connectivity index (χ4n) is 1.50. The molecular formula is C12H10INO. The Morgan fingerprint density at radius 2 is 2.00 bits per heavy atom. The Morgan fingerprint density at radius 3 is 2.67 bits per heavy atom. The van der Waals surface area contributed by atoms with Gasteiger partial charge in [0.15, 0.2) is 6.29 Å². The van der Waals surface area contributed by atoms with Crippen molar-refractivity contribution in [2.45, 2.75) is 6.54 Å². The van der Waals surface area contributed by atoms with Crippen molar-refractivity contribution in [2.75, 3.05) is 0 Å². The lowest BCUT2D eigenvalue weighted by Gasteiger charge is -2.04. The van der Waals surface area contributed by atoms with E-state index in [9.17, 15) is 4.79 Å². The first-order valence-corrected chi connectivity index (χ1v) is 5.72. The summed E-state index contributed by atoms with van der Waals surface area (Å²) in [4.78, 5) is 10.8. The minimum atomic E-state index is 0.725. The van der Waals surface area contributed by atoms with Crippen molar-refractivity contribution in [3.63, 3.8) is 0 Å². The second-order valence-corrected chi connectivity index (χ2v) is 4.56. The molecule has 0 aliphatic carbocycles. The third-order valence-corrected chi connectivity index (χ3v) is 2.80. The summed E-state index contributed by atoms with van der Waals surface area (Å²) in [5.74, 6) is 0. The highest BCUT2D eigenvalue weighted by Crippen LogP contribution is 2.12. The van der Waals surface area contributed by atoms with E-state index in [1.165, 1.54) is 5.56 Å². The monoisotopic (exact) mass is 311 g/mol. The molecule has 0 N–H and O–H groups in total. The number of carbonyl (C=O) groups is 1. The van der Waals surface area contributed by atoms with E-state index in [4.69, 9.17) is 0 Å². The molecule has 0 radical (unpaired) electrons. The first-order valence-electron chi connectivity index (χ1n) is 4.64. The van der Waals surface area contributed by atoms with Crippen molar-refractivity contribution < 1.29 is 4.79 Å². The Labute approximate surface area is 102 Å². The van der Waals surface area contributed by atoms with Crippen LogP contribution in [0.5, 0.6) is 0 Å². The molecule has 0 bridgehead atoms. The highest BCUT2D eigenvalue weighted by Gasteiger charge is 2.03. The maximum absolute atomic E-state index is 10.8. The van der Waals surface area contributed by atoms with Crippen LogP contribution in [0.15, 0.2) is 42.6 Å². The van der Waals surface area contributed by atoms with Crippen LogP contribution in [0.4, 0.5) is 0 Å². The number of nitrogens with zero attached hydrogens (tertiary/aromatic N) is 1.